The van der Waals surface area contributed by atoms with E-state index in [1.165, 1.54) is 12.0 Å². The Morgan fingerprint density at radius 2 is 1.94 bits per heavy atom. The van der Waals surface area contributed by atoms with Gasteiger partial charge in [0.15, 0.2) is 0 Å². The van der Waals surface area contributed by atoms with Gasteiger partial charge in [-0.1, -0.05) is 37.6 Å². The largest absolute Gasteiger partial charge is 0.329 e. The van der Waals surface area contributed by atoms with Crippen LogP contribution in [0.2, 0.25) is 5.02 Å². The molecule has 1 aromatic rings. The van der Waals surface area contributed by atoms with Gasteiger partial charge in [-0.2, -0.15) is 0 Å². The van der Waals surface area contributed by atoms with E-state index < -0.39 is 0 Å². The van der Waals surface area contributed by atoms with E-state index >= 15 is 0 Å². The summed E-state index contributed by atoms with van der Waals surface area (Å²) in [7, 11) is 0. The van der Waals surface area contributed by atoms with E-state index in [0.717, 1.165) is 29.9 Å². The number of halogens is 1. The van der Waals surface area contributed by atoms with Crippen LogP contribution in [0.3, 0.4) is 0 Å². The zero-order valence-corrected chi connectivity index (χ0v) is 12.0. The molecule has 1 aliphatic heterocycles. The number of rotatable bonds is 3. The Labute approximate surface area is 115 Å². The van der Waals surface area contributed by atoms with Crippen molar-refractivity contribution in [3.05, 3.63) is 34.9 Å². The Bertz CT molecular complexity index is 377. The van der Waals surface area contributed by atoms with Crippen LogP contribution >= 0.6 is 11.6 Å². The first kappa shape index (κ1) is 13.9. The molecule has 0 aromatic heterocycles. The maximum atomic E-state index is 5.98. The van der Waals surface area contributed by atoms with Crippen LogP contribution in [0.4, 0.5) is 0 Å². The minimum Gasteiger partial charge on any atom is -0.329 e. The molecule has 100 valence electrons. The maximum Gasteiger partial charge on any atom is 0.0470 e. The molecule has 0 bridgehead atoms. The van der Waals surface area contributed by atoms with Crippen molar-refractivity contribution >= 4 is 11.6 Å². The van der Waals surface area contributed by atoms with Crippen LogP contribution in [-0.4, -0.2) is 24.5 Å². The van der Waals surface area contributed by atoms with Gasteiger partial charge in [0.1, 0.15) is 0 Å². The number of hydrogen-bond donors (Lipinski definition) is 1. The highest BCUT2D eigenvalue weighted by Crippen LogP contribution is 2.29. The van der Waals surface area contributed by atoms with Gasteiger partial charge in [-0.15, -0.1) is 0 Å². The third-order valence-corrected chi connectivity index (χ3v) is 4.54. The van der Waals surface area contributed by atoms with Gasteiger partial charge in [-0.3, -0.25) is 4.90 Å². The van der Waals surface area contributed by atoms with E-state index in [9.17, 15) is 0 Å². The molecule has 1 aromatic carbocycles. The fraction of sp³-hybridized carbons (Fsp3) is 0.600. The van der Waals surface area contributed by atoms with Gasteiger partial charge in [0, 0.05) is 24.2 Å². The third-order valence-electron chi connectivity index (χ3n) is 4.28. The summed E-state index contributed by atoms with van der Waals surface area (Å²) in [5.41, 5.74) is 7.26. The Morgan fingerprint density at radius 1 is 1.28 bits per heavy atom. The van der Waals surface area contributed by atoms with Crippen LogP contribution in [0.15, 0.2) is 24.3 Å². The zero-order valence-electron chi connectivity index (χ0n) is 11.3. The number of piperidine rings is 1. The van der Waals surface area contributed by atoms with Gasteiger partial charge in [0.05, 0.1) is 0 Å². The van der Waals surface area contributed by atoms with Gasteiger partial charge in [0.2, 0.25) is 0 Å². The lowest BCUT2D eigenvalue weighted by Gasteiger charge is -2.40. The van der Waals surface area contributed by atoms with Crippen LogP contribution in [0.25, 0.3) is 0 Å². The molecule has 1 heterocycles. The van der Waals surface area contributed by atoms with Crippen molar-refractivity contribution < 1.29 is 0 Å². The summed E-state index contributed by atoms with van der Waals surface area (Å²) in [6.45, 7) is 7.65. The molecule has 3 unspecified atom stereocenters. The zero-order chi connectivity index (χ0) is 13.1. The average Bonchev–Trinajstić information content (AvgIpc) is 2.37. The monoisotopic (exact) mass is 266 g/mol. The summed E-state index contributed by atoms with van der Waals surface area (Å²) in [5.74, 6) is 1.57. The van der Waals surface area contributed by atoms with Crippen molar-refractivity contribution in [1.29, 1.82) is 0 Å². The number of nitrogens with two attached hydrogens (primary N) is 1. The molecule has 3 atom stereocenters. The molecule has 0 amide bonds. The quantitative estimate of drug-likeness (QED) is 0.909. The molecular formula is C15H23ClN2. The highest BCUT2D eigenvalue weighted by atomic mass is 35.5. The lowest BCUT2D eigenvalue weighted by atomic mass is 9.87. The van der Waals surface area contributed by atoms with E-state index in [4.69, 9.17) is 17.3 Å². The van der Waals surface area contributed by atoms with Crippen molar-refractivity contribution in [2.75, 3.05) is 19.6 Å². The second-order valence-electron chi connectivity index (χ2n) is 5.54. The van der Waals surface area contributed by atoms with Crippen LogP contribution in [0.5, 0.6) is 0 Å². The molecule has 2 rings (SSSR count). The predicted molar refractivity (Wildman–Crippen MR) is 77.8 cm³/mol. The second-order valence-corrected chi connectivity index (χ2v) is 5.98. The standard InChI is InChI=1S/C15H23ClN2/c1-11-7-8-18(10-12(11)2)15(9-17)13-3-5-14(16)6-4-13/h3-6,11-12,15H,7-10,17H2,1-2H3. The molecule has 0 saturated carbocycles. The summed E-state index contributed by atoms with van der Waals surface area (Å²) in [6.07, 6.45) is 1.27. The fourth-order valence-corrected chi connectivity index (χ4v) is 2.89. The Kier molecular flexibility index (Phi) is 4.66. The van der Waals surface area contributed by atoms with Crippen molar-refractivity contribution in [1.82, 2.24) is 4.90 Å². The van der Waals surface area contributed by atoms with Crippen LogP contribution in [0, 0.1) is 11.8 Å². The Hall–Kier alpha value is -0.570. The van der Waals surface area contributed by atoms with Gasteiger partial charge in [-0.25, -0.2) is 0 Å². The van der Waals surface area contributed by atoms with Crippen molar-refractivity contribution in [2.24, 2.45) is 17.6 Å². The molecule has 0 radical (unpaired) electrons. The third kappa shape index (κ3) is 3.05. The summed E-state index contributed by atoms with van der Waals surface area (Å²) in [6, 6.07) is 8.44. The van der Waals surface area contributed by atoms with E-state index in [-0.39, 0.29) is 0 Å². The molecule has 2 nitrogen and oxygen atoms in total. The van der Waals surface area contributed by atoms with E-state index in [0.29, 0.717) is 12.6 Å². The highest BCUT2D eigenvalue weighted by molar-refractivity contribution is 6.30. The van der Waals surface area contributed by atoms with Gasteiger partial charge < -0.3 is 5.73 Å². The second kappa shape index (κ2) is 6.05. The van der Waals surface area contributed by atoms with Crippen LogP contribution < -0.4 is 5.73 Å². The minimum atomic E-state index is 0.331. The molecule has 1 saturated heterocycles. The van der Waals surface area contributed by atoms with Gasteiger partial charge in [0.25, 0.3) is 0 Å². The van der Waals surface area contributed by atoms with E-state index in [1.807, 2.05) is 12.1 Å². The van der Waals surface area contributed by atoms with Crippen molar-refractivity contribution in [3.63, 3.8) is 0 Å². The molecule has 1 fully saturated rings. The Morgan fingerprint density at radius 3 is 2.50 bits per heavy atom. The first-order valence-corrected chi connectivity index (χ1v) is 7.19. The van der Waals surface area contributed by atoms with E-state index in [2.05, 4.69) is 30.9 Å². The van der Waals surface area contributed by atoms with Gasteiger partial charge >= 0.3 is 0 Å². The van der Waals surface area contributed by atoms with Crippen LogP contribution in [0.1, 0.15) is 31.9 Å². The summed E-state index contributed by atoms with van der Waals surface area (Å²) < 4.78 is 0. The number of benzene rings is 1. The Balaban J connectivity index is 2.11. The summed E-state index contributed by atoms with van der Waals surface area (Å²) >= 11 is 5.94. The van der Waals surface area contributed by atoms with Crippen LogP contribution in [-0.2, 0) is 0 Å². The molecular weight excluding hydrogens is 244 g/mol. The molecule has 0 spiro atoms. The normalized spacial score (nSPS) is 27.1. The fourth-order valence-electron chi connectivity index (χ4n) is 2.76. The first-order chi connectivity index (χ1) is 8.61. The lowest BCUT2D eigenvalue weighted by Crippen LogP contribution is -2.43. The molecule has 3 heteroatoms. The summed E-state index contributed by atoms with van der Waals surface area (Å²) in [4.78, 5) is 2.52. The molecule has 2 N–H and O–H groups in total. The van der Waals surface area contributed by atoms with Gasteiger partial charge in [-0.05, 0) is 42.5 Å². The van der Waals surface area contributed by atoms with Crippen molar-refractivity contribution in [2.45, 2.75) is 26.3 Å². The maximum absolute atomic E-state index is 5.98. The SMILES string of the molecule is CC1CCN(C(CN)c2ccc(Cl)cc2)CC1C. The highest BCUT2D eigenvalue weighted by Gasteiger charge is 2.27. The smallest absolute Gasteiger partial charge is 0.0470 e. The minimum absolute atomic E-state index is 0.331. The van der Waals surface area contributed by atoms with E-state index in [1.54, 1.807) is 0 Å². The molecule has 1 aliphatic rings. The first-order valence-electron chi connectivity index (χ1n) is 6.81. The lowest BCUT2D eigenvalue weighted by molar-refractivity contribution is 0.0983. The number of nitrogens with zero attached hydrogens (tertiary/aromatic N) is 1. The van der Waals surface area contributed by atoms with Crippen molar-refractivity contribution in [3.8, 4) is 0 Å². The number of hydrogen-bond acceptors (Lipinski definition) is 2. The topological polar surface area (TPSA) is 29.3 Å². The molecule has 18 heavy (non-hydrogen) atoms. The average molecular weight is 267 g/mol. The summed E-state index contributed by atoms with van der Waals surface area (Å²) in [5, 5.41) is 0.787. The predicted octanol–water partition coefficient (Wildman–Crippen LogP) is 3.32. The number of likely N-dealkylation sites (tertiary alicyclic amines) is 1. The molecule has 0 aliphatic carbocycles.